The molecule has 2 atom stereocenters. The largest absolute Gasteiger partial charge is 0.352 e. The summed E-state index contributed by atoms with van der Waals surface area (Å²) in [6.45, 7) is 6.44. The van der Waals surface area contributed by atoms with Gasteiger partial charge in [0.1, 0.15) is 0 Å². The third kappa shape index (κ3) is 5.96. The predicted molar refractivity (Wildman–Crippen MR) is 107 cm³/mol. The van der Waals surface area contributed by atoms with E-state index in [0.717, 1.165) is 50.3 Å². The molecule has 2 aliphatic heterocycles. The van der Waals surface area contributed by atoms with Crippen molar-refractivity contribution in [1.82, 2.24) is 15.5 Å². The molecule has 0 radical (unpaired) electrons. The molecule has 2 fully saturated rings. The number of likely N-dealkylation sites (tertiary alicyclic amines) is 1. The molecule has 3 N–H and O–H groups in total. The van der Waals surface area contributed by atoms with Gasteiger partial charge in [0.05, 0.1) is 0 Å². The molecule has 148 valence electrons. The third-order valence-electron chi connectivity index (χ3n) is 5.71. The number of carbonyl (C=O) groups excluding carboxylic acids is 2. The zero-order valence-electron chi connectivity index (χ0n) is 16.3. The van der Waals surface area contributed by atoms with E-state index in [2.05, 4.69) is 22.9 Å². The molecule has 6 nitrogen and oxygen atoms in total. The average Bonchev–Trinajstić information content (AvgIpc) is 3.22. The zero-order valence-corrected chi connectivity index (χ0v) is 16.3. The van der Waals surface area contributed by atoms with Gasteiger partial charge in [-0.15, -0.1) is 0 Å². The number of anilines is 1. The molecule has 3 amide bonds. The van der Waals surface area contributed by atoms with Crippen LogP contribution in [0.3, 0.4) is 0 Å². The first-order valence-corrected chi connectivity index (χ1v) is 10.2. The van der Waals surface area contributed by atoms with E-state index >= 15 is 0 Å². The van der Waals surface area contributed by atoms with Crippen LogP contribution in [0, 0.1) is 11.8 Å². The van der Waals surface area contributed by atoms with Gasteiger partial charge >= 0.3 is 6.03 Å². The summed E-state index contributed by atoms with van der Waals surface area (Å²) in [4.78, 5) is 26.3. The molecule has 1 aromatic carbocycles. The summed E-state index contributed by atoms with van der Waals surface area (Å²) in [5.74, 6) is 1.08. The Kier molecular flexibility index (Phi) is 7.10. The van der Waals surface area contributed by atoms with E-state index < -0.39 is 0 Å². The summed E-state index contributed by atoms with van der Waals surface area (Å²) in [7, 11) is 0. The molecule has 2 unspecified atom stereocenters. The minimum Gasteiger partial charge on any atom is -0.352 e. The van der Waals surface area contributed by atoms with Crippen molar-refractivity contribution in [3.05, 3.63) is 29.8 Å². The summed E-state index contributed by atoms with van der Waals surface area (Å²) in [5.41, 5.74) is 1.77. The van der Waals surface area contributed by atoms with Crippen LogP contribution in [0.2, 0.25) is 0 Å². The Labute approximate surface area is 162 Å². The summed E-state index contributed by atoms with van der Waals surface area (Å²) in [5, 5.41) is 9.40. The minimum atomic E-state index is -0.0383. The van der Waals surface area contributed by atoms with Crippen molar-refractivity contribution >= 4 is 17.6 Å². The Morgan fingerprint density at radius 1 is 1.26 bits per heavy atom. The van der Waals surface area contributed by atoms with Gasteiger partial charge < -0.3 is 20.9 Å². The average molecular weight is 373 g/mol. The van der Waals surface area contributed by atoms with E-state index in [1.54, 1.807) is 0 Å². The molecule has 0 spiro atoms. The van der Waals surface area contributed by atoms with Gasteiger partial charge in [-0.25, -0.2) is 4.79 Å². The second kappa shape index (κ2) is 9.74. The predicted octanol–water partition coefficient (Wildman–Crippen LogP) is 2.96. The number of benzene rings is 1. The van der Waals surface area contributed by atoms with Gasteiger partial charge in [-0.3, -0.25) is 4.79 Å². The fourth-order valence-corrected chi connectivity index (χ4v) is 3.98. The number of urea groups is 1. The van der Waals surface area contributed by atoms with Crippen LogP contribution in [0.1, 0.15) is 44.6 Å². The van der Waals surface area contributed by atoms with Crippen molar-refractivity contribution in [3.63, 3.8) is 0 Å². The van der Waals surface area contributed by atoms with E-state index in [4.69, 9.17) is 0 Å². The Bertz CT molecular complexity index is 637. The fourth-order valence-electron chi connectivity index (χ4n) is 3.98. The molecule has 6 heteroatoms. The van der Waals surface area contributed by atoms with Crippen molar-refractivity contribution in [1.29, 1.82) is 0 Å². The van der Waals surface area contributed by atoms with Crippen molar-refractivity contribution in [2.75, 3.05) is 31.5 Å². The summed E-state index contributed by atoms with van der Waals surface area (Å²) >= 11 is 0. The van der Waals surface area contributed by atoms with Crippen molar-refractivity contribution in [2.45, 2.75) is 45.6 Å². The van der Waals surface area contributed by atoms with E-state index in [0.29, 0.717) is 24.8 Å². The molecule has 27 heavy (non-hydrogen) atoms. The summed E-state index contributed by atoms with van der Waals surface area (Å²) < 4.78 is 0. The highest BCUT2D eigenvalue weighted by Gasteiger charge is 2.22. The molecule has 2 saturated heterocycles. The fraction of sp³-hybridized carbons (Fsp3) is 0.619. The second-order valence-corrected chi connectivity index (χ2v) is 7.89. The first kappa shape index (κ1) is 19.7. The van der Waals surface area contributed by atoms with E-state index in [1.165, 1.54) is 12.8 Å². The summed E-state index contributed by atoms with van der Waals surface area (Å²) in [6.07, 6.45) is 5.13. The number of rotatable bonds is 6. The minimum absolute atomic E-state index is 0.0383. The van der Waals surface area contributed by atoms with Crippen LogP contribution in [0.25, 0.3) is 0 Å². The van der Waals surface area contributed by atoms with Gasteiger partial charge in [-0.05, 0) is 68.3 Å². The Morgan fingerprint density at radius 2 is 2.07 bits per heavy atom. The number of nitrogens with one attached hydrogen (secondary N) is 3. The van der Waals surface area contributed by atoms with Crippen molar-refractivity contribution < 1.29 is 9.59 Å². The zero-order chi connectivity index (χ0) is 19.1. The molecule has 0 aromatic heterocycles. The number of hydrogen-bond acceptors (Lipinski definition) is 3. The Balaban J connectivity index is 1.44. The van der Waals surface area contributed by atoms with Crippen LogP contribution >= 0.6 is 0 Å². The van der Waals surface area contributed by atoms with Crippen LogP contribution in [0.15, 0.2) is 24.3 Å². The maximum Gasteiger partial charge on any atom is 0.321 e. The molecule has 0 aliphatic carbocycles. The van der Waals surface area contributed by atoms with Crippen LogP contribution in [0.5, 0.6) is 0 Å². The quantitative estimate of drug-likeness (QED) is 0.719. The van der Waals surface area contributed by atoms with Gasteiger partial charge in [0.15, 0.2) is 0 Å². The van der Waals surface area contributed by atoms with Crippen LogP contribution in [-0.4, -0.2) is 43.0 Å². The maximum atomic E-state index is 12.3. The van der Waals surface area contributed by atoms with Gasteiger partial charge in [0.2, 0.25) is 5.91 Å². The first-order chi connectivity index (χ1) is 13.1. The lowest BCUT2D eigenvalue weighted by molar-refractivity contribution is -0.122. The van der Waals surface area contributed by atoms with Gasteiger partial charge in [0, 0.05) is 31.7 Å². The normalized spacial score (nSPS) is 20.9. The highest BCUT2D eigenvalue weighted by atomic mass is 16.2. The van der Waals surface area contributed by atoms with E-state index in [-0.39, 0.29) is 11.9 Å². The smallest absolute Gasteiger partial charge is 0.321 e. The van der Waals surface area contributed by atoms with Crippen LogP contribution in [-0.2, 0) is 11.3 Å². The van der Waals surface area contributed by atoms with Gasteiger partial charge in [-0.2, -0.15) is 0 Å². The van der Waals surface area contributed by atoms with E-state index in [1.807, 2.05) is 29.2 Å². The Hall–Kier alpha value is -2.08. The highest BCUT2D eigenvalue weighted by Crippen LogP contribution is 2.22. The lowest BCUT2D eigenvalue weighted by atomic mass is 9.85. The SMILES string of the molecule is CC(CC(=O)NCc1cccc(NC(=O)N2CCCC2)c1)C1CCCNC1. The highest BCUT2D eigenvalue weighted by molar-refractivity contribution is 5.89. The number of hydrogen-bond donors (Lipinski definition) is 3. The van der Waals surface area contributed by atoms with Gasteiger partial charge in [0.25, 0.3) is 0 Å². The number of carbonyl (C=O) groups is 2. The lowest BCUT2D eigenvalue weighted by Crippen LogP contribution is -2.35. The van der Waals surface area contributed by atoms with Gasteiger partial charge in [-0.1, -0.05) is 19.1 Å². The van der Waals surface area contributed by atoms with Crippen molar-refractivity contribution in [3.8, 4) is 0 Å². The molecular formula is C21H32N4O2. The molecule has 0 bridgehead atoms. The number of amides is 3. The molecule has 1 aromatic rings. The second-order valence-electron chi connectivity index (χ2n) is 7.89. The standard InChI is InChI=1S/C21H32N4O2/c1-16(18-7-5-9-22-15-18)12-20(26)23-14-17-6-4-8-19(13-17)24-21(27)25-10-2-3-11-25/h4,6,8,13,16,18,22H,2-3,5,7,9-12,14-15H2,1H3,(H,23,26)(H,24,27). The van der Waals surface area contributed by atoms with E-state index in [9.17, 15) is 9.59 Å². The topological polar surface area (TPSA) is 73.5 Å². The lowest BCUT2D eigenvalue weighted by Gasteiger charge is -2.28. The summed E-state index contributed by atoms with van der Waals surface area (Å²) in [6, 6.07) is 7.67. The van der Waals surface area contributed by atoms with Crippen molar-refractivity contribution in [2.24, 2.45) is 11.8 Å². The molecular weight excluding hydrogens is 340 g/mol. The monoisotopic (exact) mass is 372 g/mol. The molecule has 0 saturated carbocycles. The third-order valence-corrected chi connectivity index (χ3v) is 5.71. The Morgan fingerprint density at radius 3 is 2.81 bits per heavy atom. The number of nitrogens with zero attached hydrogens (tertiary/aromatic N) is 1. The maximum absolute atomic E-state index is 12.3. The first-order valence-electron chi connectivity index (χ1n) is 10.2. The molecule has 3 rings (SSSR count). The van der Waals surface area contributed by atoms with Crippen LogP contribution < -0.4 is 16.0 Å². The molecule has 2 aliphatic rings. The van der Waals surface area contributed by atoms with Crippen LogP contribution in [0.4, 0.5) is 10.5 Å². The number of piperidine rings is 1. The molecule has 2 heterocycles.